The van der Waals surface area contributed by atoms with Gasteiger partial charge >= 0.3 is 0 Å². The highest BCUT2D eigenvalue weighted by atomic mass is 35.5. The largest absolute Gasteiger partial charge is 0.508 e. The molecule has 4 atom stereocenters. The van der Waals surface area contributed by atoms with E-state index < -0.39 is 18.2 Å². The van der Waals surface area contributed by atoms with Gasteiger partial charge in [-0.25, -0.2) is 15.0 Å². The number of carbonyl (C=O) groups is 6. The van der Waals surface area contributed by atoms with Crippen LogP contribution in [0.3, 0.4) is 0 Å². The number of piperazine rings is 1. The van der Waals surface area contributed by atoms with E-state index in [0.717, 1.165) is 41.6 Å². The first-order valence-corrected chi connectivity index (χ1v) is 26.8. The van der Waals surface area contributed by atoms with E-state index in [9.17, 15) is 33.9 Å². The van der Waals surface area contributed by atoms with Gasteiger partial charge in [-0.05, 0) is 94.7 Å². The molecule has 0 aromatic heterocycles. The van der Waals surface area contributed by atoms with Crippen molar-refractivity contribution in [1.29, 1.82) is 0 Å². The minimum Gasteiger partial charge on any atom is -0.508 e. The molecule has 3 heterocycles. The predicted octanol–water partition coefficient (Wildman–Crippen LogP) is 6.57. The number of hydrogen-bond donors (Lipinski definition) is 3. The fourth-order valence-electron chi connectivity index (χ4n) is 9.78. The number of phenols is 1. The van der Waals surface area contributed by atoms with E-state index in [4.69, 9.17) is 23.2 Å². The number of hydrazine groups is 2. The van der Waals surface area contributed by atoms with Gasteiger partial charge in [0.05, 0.1) is 26.3 Å². The number of phenolic OH excluding ortho intramolecular Hbond substituents is 1. The second kappa shape index (κ2) is 28.7. The third kappa shape index (κ3) is 16.3. The third-order valence-corrected chi connectivity index (χ3v) is 14.6. The van der Waals surface area contributed by atoms with E-state index >= 15 is 0 Å². The standard InChI is InChI=1S/C22H27ClN4O3.C19H25ClN4O3.C18H22N2O/c1-24(13-17-5-4-6-18(23)11-17)22(30)20(12-16-7-9-19(28)10-8-16)27-15-26(3)25(2)14-21(27)29;1-13(2)7-16-19(27)22(9-14-5-4-6-15(20)8-14)10-17-23(12-25)21(3)11-18(26)24(16)17;1-14(17-7-3-15(4-8-17)11-19-2)18-9-5-16(6-10-18)12-20-13-21/h4-11,20,28H,12-15H2,1-3H3;4-6,8,12-13,16-17H,7,9-11H2,1-3H3;3-10,13-14,19H,11-12H2,1-2H3,(H,20,21)/t;16-,17?;/m.0./s1. The number of fused-ring (bicyclic) bond motifs is 1. The third-order valence-electron chi connectivity index (χ3n) is 14.1. The summed E-state index contributed by atoms with van der Waals surface area (Å²) < 4.78 is 0. The van der Waals surface area contributed by atoms with Crippen molar-refractivity contribution in [1.82, 2.24) is 50.3 Å². The molecule has 3 N–H and O–H groups in total. The maximum Gasteiger partial charge on any atom is 0.245 e. The molecule has 0 saturated carbocycles. The zero-order valence-corrected chi connectivity index (χ0v) is 47.4. The molecule has 0 spiro atoms. The maximum atomic E-state index is 13.5. The van der Waals surface area contributed by atoms with Crippen LogP contribution in [-0.2, 0) is 61.4 Å². The van der Waals surface area contributed by atoms with E-state index in [1.54, 1.807) is 75.1 Å². The fraction of sp³-hybridized carbons (Fsp3) is 0.390. The van der Waals surface area contributed by atoms with Crippen molar-refractivity contribution < 1.29 is 33.9 Å². The Bertz CT molecular complexity index is 2810. The Kier molecular flexibility index (Phi) is 22.2. The van der Waals surface area contributed by atoms with Crippen LogP contribution in [0.1, 0.15) is 72.1 Å². The summed E-state index contributed by atoms with van der Waals surface area (Å²) in [6.07, 6.45) is 1.88. The zero-order valence-electron chi connectivity index (χ0n) is 45.9. The Hall–Kier alpha value is -6.86. The summed E-state index contributed by atoms with van der Waals surface area (Å²) in [5.74, 6) is 0.323. The van der Waals surface area contributed by atoms with E-state index in [0.29, 0.717) is 55.1 Å². The van der Waals surface area contributed by atoms with Crippen molar-refractivity contribution in [2.75, 3.05) is 61.5 Å². The molecule has 5 aromatic rings. The molecule has 416 valence electrons. The molecule has 3 aliphatic rings. The summed E-state index contributed by atoms with van der Waals surface area (Å²) in [5, 5.41) is 23.5. The summed E-state index contributed by atoms with van der Waals surface area (Å²) >= 11 is 12.1. The highest BCUT2D eigenvalue weighted by Gasteiger charge is 2.49. The van der Waals surface area contributed by atoms with Crippen LogP contribution < -0.4 is 10.6 Å². The lowest BCUT2D eigenvalue weighted by Crippen LogP contribution is -2.74. The maximum absolute atomic E-state index is 13.5. The molecular formula is C59H74Cl2N10O7. The smallest absolute Gasteiger partial charge is 0.245 e. The minimum atomic E-state index is -0.651. The molecule has 8 rings (SSSR count). The molecule has 6 amide bonds. The molecule has 0 bridgehead atoms. The van der Waals surface area contributed by atoms with Crippen molar-refractivity contribution in [2.45, 2.75) is 84.0 Å². The highest BCUT2D eigenvalue weighted by Crippen LogP contribution is 2.30. The number of nitrogens with zero attached hydrogens (tertiary/aromatic N) is 8. The summed E-state index contributed by atoms with van der Waals surface area (Å²) in [6, 6.07) is 37.4. The molecule has 3 fully saturated rings. The zero-order chi connectivity index (χ0) is 56.6. The van der Waals surface area contributed by atoms with Crippen LogP contribution in [0.25, 0.3) is 0 Å². The van der Waals surface area contributed by atoms with Crippen LogP contribution >= 0.6 is 23.2 Å². The average Bonchev–Trinajstić information content (AvgIpc) is 3.57. The lowest BCUT2D eigenvalue weighted by molar-refractivity contribution is -0.197. The van der Waals surface area contributed by atoms with Crippen molar-refractivity contribution in [2.24, 2.45) is 5.92 Å². The van der Waals surface area contributed by atoms with E-state index in [2.05, 4.69) is 66.1 Å². The molecule has 0 aliphatic carbocycles. The summed E-state index contributed by atoms with van der Waals surface area (Å²) in [4.78, 5) is 80.7. The second-order valence-corrected chi connectivity index (χ2v) is 21.4. The molecule has 3 unspecified atom stereocenters. The topological polar surface area (TPSA) is 173 Å². The number of benzene rings is 5. The van der Waals surface area contributed by atoms with Crippen LogP contribution in [0.4, 0.5) is 0 Å². The van der Waals surface area contributed by atoms with Crippen LogP contribution in [0, 0.1) is 5.92 Å². The monoisotopic (exact) mass is 1100 g/mol. The minimum absolute atomic E-state index is 0.0799. The summed E-state index contributed by atoms with van der Waals surface area (Å²) in [7, 11) is 9.13. The number of halogens is 2. The number of amides is 6. The number of hydrogen-bond acceptors (Lipinski definition) is 11. The van der Waals surface area contributed by atoms with E-state index in [1.165, 1.54) is 21.7 Å². The number of aromatic hydroxyl groups is 1. The Labute approximate surface area is 469 Å². The summed E-state index contributed by atoms with van der Waals surface area (Å²) in [6.45, 7) is 9.43. The highest BCUT2D eigenvalue weighted by molar-refractivity contribution is 6.30. The number of rotatable bonds is 18. The van der Waals surface area contributed by atoms with E-state index in [1.807, 2.05) is 81.4 Å². The first kappa shape index (κ1) is 60.4. The Morgan fingerprint density at radius 2 is 1.29 bits per heavy atom. The van der Waals surface area contributed by atoms with Crippen LogP contribution in [-0.4, -0.2) is 161 Å². The molecular weight excluding hydrogens is 1030 g/mol. The number of carbonyl (C=O) groups excluding carboxylic acids is 6. The average molecular weight is 1110 g/mol. The molecule has 5 aromatic carbocycles. The molecule has 3 saturated heterocycles. The SMILES string of the molecule is CC(C)C[C@H]1C(=O)N(Cc2cccc(Cl)c2)CC2N1C(=O)CN(C)N2C=O.CN(Cc1cccc(Cl)c1)C(=O)C(Cc1ccc(O)cc1)N1CN(C)N(C)CC1=O.CNCc1ccc(C(C)c2ccc(CNC=O)cc2)cc1. The predicted molar refractivity (Wildman–Crippen MR) is 303 cm³/mol. The lowest BCUT2D eigenvalue weighted by Gasteiger charge is -2.54. The fourth-order valence-corrected chi connectivity index (χ4v) is 10.2. The second-order valence-electron chi connectivity index (χ2n) is 20.5. The summed E-state index contributed by atoms with van der Waals surface area (Å²) in [5.41, 5.74) is 7.71. The molecule has 78 heavy (non-hydrogen) atoms. The number of likely N-dealkylation sites (N-methyl/N-ethyl adjacent to an activating group) is 3. The quantitative estimate of drug-likeness (QED) is 0.0812. The van der Waals surface area contributed by atoms with Gasteiger partial charge in [-0.2, -0.15) is 0 Å². The van der Waals surface area contributed by atoms with Crippen molar-refractivity contribution in [3.8, 4) is 5.75 Å². The van der Waals surface area contributed by atoms with E-state index in [-0.39, 0.29) is 54.9 Å². The van der Waals surface area contributed by atoms with Gasteiger partial charge in [-0.1, -0.05) is 129 Å². The van der Waals surface area contributed by atoms with Gasteiger partial charge in [0.15, 0.2) is 0 Å². The Morgan fingerprint density at radius 1 is 0.731 bits per heavy atom. The Balaban J connectivity index is 0.000000192. The first-order chi connectivity index (χ1) is 37.3. The molecule has 17 nitrogen and oxygen atoms in total. The van der Waals surface area contributed by atoms with Gasteiger partial charge in [-0.3, -0.25) is 33.8 Å². The Morgan fingerprint density at radius 3 is 1.86 bits per heavy atom. The van der Waals surface area contributed by atoms with Gasteiger partial charge in [0, 0.05) is 76.8 Å². The van der Waals surface area contributed by atoms with Crippen LogP contribution in [0.15, 0.2) is 121 Å². The van der Waals surface area contributed by atoms with Gasteiger partial charge in [0.25, 0.3) is 0 Å². The van der Waals surface area contributed by atoms with Crippen molar-refractivity contribution in [3.63, 3.8) is 0 Å². The molecule has 3 aliphatic heterocycles. The van der Waals surface area contributed by atoms with Crippen molar-refractivity contribution >= 4 is 59.7 Å². The van der Waals surface area contributed by atoms with Crippen LogP contribution in [0.5, 0.6) is 5.75 Å². The van der Waals surface area contributed by atoms with Gasteiger partial charge in [0.2, 0.25) is 36.4 Å². The normalized spacial score (nSPS) is 17.8. The lowest BCUT2D eigenvalue weighted by atomic mass is 9.92. The van der Waals surface area contributed by atoms with Crippen molar-refractivity contribution in [3.05, 3.63) is 170 Å². The van der Waals surface area contributed by atoms with Crippen LogP contribution in [0.2, 0.25) is 10.0 Å². The number of nitrogens with one attached hydrogen (secondary N) is 2. The van der Waals surface area contributed by atoms with Gasteiger partial charge in [0.1, 0.15) is 24.0 Å². The molecule has 0 radical (unpaired) electrons. The van der Waals surface area contributed by atoms with Gasteiger partial charge in [-0.15, -0.1) is 0 Å². The molecule has 19 heteroatoms. The van der Waals surface area contributed by atoms with Gasteiger partial charge < -0.3 is 35.3 Å². The first-order valence-electron chi connectivity index (χ1n) is 26.1.